The molecular formula is C20H25N2O3+. The SMILES string of the molecule is COc1ccc(C[NH+]2CCN(C(=O)c3ccccc3)CC2)cc1OC. The minimum absolute atomic E-state index is 0.130. The Morgan fingerprint density at radius 1 is 1.00 bits per heavy atom. The first kappa shape index (κ1) is 17.3. The van der Waals surface area contributed by atoms with Crippen molar-refractivity contribution in [2.45, 2.75) is 6.54 Å². The average molecular weight is 341 g/mol. The van der Waals surface area contributed by atoms with Crippen LogP contribution in [0.15, 0.2) is 48.5 Å². The number of carbonyl (C=O) groups is 1. The predicted molar refractivity (Wildman–Crippen MR) is 96.3 cm³/mol. The summed E-state index contributed by atoms with van der Waals surface area (Å²) in [6.07, 6.45) is 0. The van der Waals surface area contributed by atoms with Gasteiger partial charge in [-0.05, 0) is 30.3 Å². The molecule has 25 heavy (non-hydrogen) atoms. The Balaban J connectivity index is 1.57. The first-order valence-electron chi connectivity index (χ1n) is 8.60. The Labute approximate surface area is 148 Å². The molecule has 2 aromatic carbocycles. The standard InChI is InChI=1S/C20H24N2O3/c1-24-18-9-8-16(14-19(18)25-2)15-21-10-12-22(13-11-21)20(23)17-6-4-3-5-7-17/h3-9,14H,10-13,15H2,1-2H3/p+1. The number of hydrogen-bond acceptors (Lipinski definition) is 3. The van der Waals surface area contributed by atoms with E-state index in [2.05, 4.69) is 6.07 Å². The van der Waals surface area contributed by atoms with Crippen molar-refractivity contribution in [1.29, 1.82) is 0 Å². The lowest BCUT2D eigenvalue weighted by molar-refractivity contribution is -0.917. The van der Waals surface area contributed by atoms with Gasteiger partial charge in [-0.15, -0.1) is 0 Å². The summed E-state index contributed by atoms with van der Waals surface area (Å²) in [6, 6.07) is 15.6. The summed E-state index contributed by atoms with van der Waals surface area (Å²) in [5, 5.41) is 0. The molecule has 0 aromatic heterocycles. The first-order chi connectivity index (χ1) is 12.2. The van der Waals surface area contributed by atoms with Crippen LogP contribution in [0.5, 0.6) is 11.5 Å². The second kappa shape index (κ2) is 8.03. The molecule has 0 bridgehead atoms. The highest BCUT2D eigenvalue weighted by atomic mass is 16.5. The zero-order valence-corrected chi connectivity index (χ0v) is 14.8. The van der Waals surface area contributed by atoms with E-state index in [9.17, 15) is 4.79 Å². The Bertz CT molecular complexity index is 710. The van der Waals surface area contributed by atoms with E-state index in [0.29, 0.717) is 0 Å². The van der Waals surface area contributed by atoms with Crippen LogP contribution >= 0.6 is 0 Å². The fourth-order valence-electron chi connectivity index (χ4n) is 3.25. The van der Waals surface area contributed by atoms with E-state index in [-0.39, 0.29) is 5.91 Å². The monoisotopic (exact) mass is 341 g/mol. The van der Waals surface area contributed by atoms with Crippen molar-refractivity contribution in [3.63, 3.8) is 0 Å². The Kier molecular flexibility index (Phi) is 5.56. The summed E-state index contributed by atoms with van der Waals surface area (Å²) in [7, 11) is 3.30. The van der Waals surface area contributed by atoms with Crippen molar-refractivity contribution in [2.24, 2.45) is 0 Å². The van der Waals surface area contributed by atoms with Gasteiger partial charge >= 0.3 is 0 Å². The van der Waals surface area contributed by atoms with Crippen LogP contribution in [0, 0.1) is 0 Å². The molecule has 5 nitrogen and oxygen atoms in total. The van der Waals surface area contributed by atoms with Gasteiger partial charge in [-0.1, -0.05) is 18.2 Å². The molecule has 1 heterocycles. The van der Waals surface area contributed by atoms with Gasteiger partial charge in [0.05, 0.1) is 40.4 Å². The number of benzene rings is 2. The van der Waals surface area contributed by atoms with E-state index in [0.717, 1.165) is 49.8 Å². The molecule has 0 aliphatic carbocycles. The van der Waals surface area contributed by atoms with Gasteiger partial charge in [-0.3, -0.25) is 4.79 Å². The molecule has 1 amide bonds. The molecule has 0 unspecified atom stereocenters. The molecule has 132 valence electrons. The molecule has 1 N–H and O–H groups in total. The molecule has 1 saturated heterocycles. The van der Waals surface area contributed by atoms with Crippen LogP contribution in [0.25, 0.3) is 0 Å². The fourth-order valence-corrected chi connectivity index (χ4v) is 3.25. The molecule has 0 radical (unpaired) electrons. The lowest BCUT2D eigenvalue weighted by Crippen LogP contribution is -3.13. The molecule has 1 fully saturated rings. The van der Waals surface area contributed by atoms with Crippen LogP contribution in [0.4, 0.5) is 0 Å². The number of amides is 1. The second-order valence-electron chi connectivity index (χ2n) is 6.27. The highest BCUT2D eigenvalue weighted by Crippen LogP contribution is 2.27. The van der Waals surface area contributed by atoms with Gasteiger partial charge in [0.25, 0.3) is 5.91 Å². The van der Waals surface area contributed by atoms with Crippen LogP contribution in [0.1, 0.15) is 15.9 Å². The van der Waals surface area contributed by atoms with Crippen molar-refractivity contribution in [3.8, 4) is 11.5 Å². The zero-order chi connectivity index (χ0) is 17.6. The van der Waals surface area contributed by atoms with Crippen molar-refractivity contribution < 1.29 is 19.2 Å². The van der Waals surface area contributed by atoms with E-state index < -0.39 is 0 Å². The predicted octanol–water partition coefficient (Wildman–Crippen LogP) is 1.24. The molecule has 2 aromatic rings. The normalized spacial score (nSPS) is 15.0. The number of carbonyl (C=O) groups excluding carboxylic acids is 1. The second-order valence-corrected chi connectivity index (χ2v) is 6.27. The Morgan fingerprint density at radius 2 is 1.68 bits per heavy atom. The van der Waals surface area contributed by atoms with Crippen molar-refractivity contribution in [3.05, 3.63) is 59.7 Å². The summed E-state index contributed by atoms with van der Waals surface area (Å²) >= 11 is 0. The Hall–Kier alpha value is -2.53. The van der Waals surface area contributed by atoms with Crippen molar-refractivity contribution in [1.82, 2.24) is 4.90 Å². The number of piperazine rings is 1. The molecule has 0 atom stereocenters. The third kappa shape index (κ3) is 4.12. The van der Waals surface area contributed by atoms with Crippen LogP contribution in [0.3, 0.4) is 0 Å². The lowest BCUT2D eigenvalue weighted by Gasteiger charge is -2.32. The van der Waals surface area contributed by atoms with E-state index in [1.807, 2.05) is 47.4 Å². The number of ether oxygens (including phenoxy) is 2. The maximum atomic E-state index is 12.5. The van der Waals surface area contributed by atoms with E-state index in [1.54, 1.807) is 14.2 Å². The highest BCUT2D eigenvalue weighted by Gasteiger charge is 2.24. The van der Waals surface area contributed by atoms with Crippen LogP contribution in [-0.4, -0.2) is 51.2 Å². The summed E-state index contributed by atoms with van der Waals surface area (Å²) in [6.45, 7) is 4.40. The minimum atomic E-state index is 0.130. The number of methoxy groups -OCH3 is 2. The maximum Gasteiger partial charge on any atom is 0.254 e. The maximum absolute atomic E-state index is 12.5. The third-order valence-corrected chi connectivity index (χ3v) is 4.68. The molecule has 0 saturated carbocycles. The highest BCUT2D eigenvalue weighted by molar-refractivity contribution is 5.94. The lowest BCUT2D eigenvalue weighted by atomic mass is 10.1. The molecule has 0 spiro atoms. The van der Waals surface area contributed by atoms with E-state index >= 15 is 0 Å². The van der Waals surface area contributed by atoms with Gasteiger partial charge < -0.3 is 19.3 Å². The molecule has 1 aliphatic heterocycles. The van der Waals surface area contributed by atoms with E-state index in [1.165, 1.54) is 10.5 Å². The summed E-state index contributed by atoms with van der Waals surface area (Å²) in [4.78, 5) is 15.9. The fraction of sp³-hybridized carbons (Fsp3) is 0.350. The quantitative estimate of drug-likeness (QED) is 0.890. The van der Waals surface area contributed by atoms with Crippen LogP contribution in [0.2, 0.25) is 0 Å². The summed E-state index contributed by atoms with van der Waals surface area (Å²) in [5.74, 6) is 1.64. The van der Waals surface area contributed by atoms with Gasteiger partial charge in [0.15, 0.2) is 11.5 Å². The van der Waals surface area contributed by atoms with E-state index in [4.69, 9.17) is 9.47 Å². The van der Waals surface area contributed by atoms with Gasteiger partial charge in [-0.2, -0.15) is 0 Å². The number of rotatable bonds is 5. The molecule has 1 aliphatic rings. The van der Waals surface area contributed by atoms with Crippen molar-refractivity contribution >= 4 is 5.91 Å². The Morgan fingerprint density at radius 3 is 2.32 bits per heavy atom. The van der Waals surface area contributed by atoms with Gasteiger partial charge in [0, 0.05) is 11.1 Å². The van der Waals surface area contributed by atoms with Gasteiger partial charge in [0.1, 0.15) is 6.54 Å². The number of nitrogens with one attached hydrogen (secondary N) is 1. The summed E-state index contributed by atoms with van der Waals surface area (Å²) in [5.41, 5.74) is 1.99. The smallest absolute Gasteiger partial charge is 0.254 e. The van der Waals surface area contributed by atoms with Gasteiger partial charge in [0.2, 0.25) is 0 Å². The topological polar surface area (TPSA) is 43.2 Å². The molecule has 5 heteroatoms. The number of quaternary nitrogens is 1. The van der Waals surface area contributed by atoms with Gasteiger partial charge in [-0.25, -0.2) is 0 Å². The minimum Gasteiger partial charge on any atom is -0.493 e. The third-order valence-electron chi connectivity index (χ3n) is 4.68. The average Bonchev–Trinajstić information content (AvgIpc) is 2.68. The number of nitrogens with zero attached hydrogens (tertiary/aromatic N) is 1. The molecular weight excluding hydrogens is 316 g/mol. The summed E-state index contributed by atoms with van der Waals surface area (Å²) < 4.78 is 10.7. The first-order valence-corrected chi connectivity index (χ1v) is 8.60. The van der Waals surface area contributed by atoms with Crippen LogP contribution in [-0.2, 0) is 6.54 Å². The van der Waals surface area contributed by atoms with Crippen molar-refractivity contribution in [2.75, 3.05) is 40.4 Å². The molecule has 3 rings (SSSR count). The zero-order valence-electron chi connectivity index (χ0n) is 14.8. The largest absolute Gasteiger partial charge is 0.493 e. The van der Waals surface area contributed by atoms with Crippen LogP contribution < -0.4 is 14.4 Å². The number of hydrogen-bond donors (Lipinski definition) is 1.